The van der Waals surface area contributed by atoms with E-state index in [1.807, 2.05) is 45.0 Å². The maximum atomic E-state index is 11.8. The van der Waals surface area contributed by atoms with Crippen molar-refractivity contribution in [2.24, 2.45) is 0 Å². The number of hydrogen-bond donors (Lipinski definition) is 0. The smallest absolute Gasteiger partial charge is 0.188 e. The predicted molar refractivity (Wildman–Crippen MR) is 61.2 cm³/mol. The summed E-state index contributed by atoms with van der Waals surface area (Å²) in [6.07, 6.45) is 1.08. The van der Waals surface area contributed by atoms with Crippen molar-refractivity contribution >= 4 is 5.78 Å². The van der Waals surface area contributed by atoms with Crippen molar-refractivity contribution in [2.45, 2.75) is 33.3 Å². The van der Waals surface area contributed by atoms with E-state index >= 15 is 0 Å². The maximum absolute atomic E-state index is 11.8. The summed E-state index contributed by atoms with van der Waals surface area (Å²) < 4.78 is 5.41. The summed E-state index contributed by atoms with van der Waals surface area (Å²) in [6.45, 7) is 6.14. The van der Waals surface area contributed by atoms with Crippen LogP contribution in [0.2, 0.25) is 0 Å². The third kappa shape index (κ3) is 3.48. The van der Waals surface area contributed by atoms with Gasteiger partial charge in [-0.3, -0.25) is 4.79 Å². The Hall–Kier alpha value is -1.15. The molecule has 0 spiro atoms. The van der Waals surface area contributed by atoms with Gasteiger partial charge in [-0.05, 0) is 25.8 Å². The lowest BCUT2D eigenvalue weighted by molar-refractivity contribution is 0.0511. The Morgan fingerprint density at radius 2 is 2.07 bits per heavy atom. The van der Waals surface area contributed by atoms with Gasteiger partial charge in [0.15, 0.2) is 5.78 Å². The van der Waals surface area contributed by atoms with Gasteiger partial charge in [0.25, 0.3) is 0 Å². The zero-order valence-electron chi connectivity index (χ0n) is 9.62. The highest BCUT2D eigenvalue weighted by atomic mass is 16.5. The molecule has 0 aliphatic heterocycles. The van der Waals surface area contributed by atoms with Crippen molar-refractivity contribution in [2.75, 3.05) is 6.61 Å². The number of ether oxygens (including phenoxy) is 1. The largest absolute Gasteiger partial charge is 0.370 e. The molecule has 0 saturated heterocycles. The summed E-state index contributed by atoms with van der Waals surface area (Å²) in [5.41, 5.74) is 1.77. The van der Waals surface area contributed by atoms with Crippen molar-refractivity contribution in [3.8, 4) is 0 Å². The third-order valence-electron chi connectivity index (χ3n) is 2.52. The van der Waals surface area contributed by atoms with Crippen LogP contribution in [0, 0.1) is 6.92 Å². The number of aryl methyl sites for hydroxylation is 1. The lowest BCUT2D eigenvalue weighted by Crippen LogP contribution is -2.15. The van der Waals surface area contributed by atoms with E-state index in [2.05, 4.69) is 0 Å². The lowest BCUT2D eigenvalue weighted by Gasteiger charge is -2.10. The molecule has 15 heavy (non-hydrogen) atoms. The normalized spacial score (nSPS) is 12.5. The molecule has 0 saturated carbocycles. The molecule has 0 aromatic heterocycles. The quantitative estimate of drug-likeness (QED) is 0.692. The van der Waals surface area contributed by atoms with Gasteiger partial charge in [-0.25, -0.2) is 0 Å². The highest BCUT2D eigenvalue weighted by molar-refractivity contribution is 5.98. The Bertz CT molecular complexity index is 331. The van der Waals surface area contributed by atoms with Gasteiger partial charge in [-0.1, -0.05) is 31.2 Å². The van der Waals surface area contributed by atoms with Crippen molar-refractivity contribution in [1.29, 1.82) is 0 Å². The monoisotopic (exact) mass is 206 g/mol. The fourth-order valence-electron chi connectivity index (χ4n) is 1.30. The molecule has 1 rings (SSSR count). The molecule has 0 fully saturated rings. The molecule has 0 amide bonds. The van der Waals surface area contributed by atoms with Crippen molar-refractivity contribution in [1.82, 2.24) is 0 Å². The molecular formula is C13H18O2. The van der Waals surface area contributed by atoms with Crippen LogP contribution in [0.15, 0.2) is 24.3 Å². The average Bonchev–Trinajstić information content (AvgIpc) is 2.26. The topological polar surface area (TPSA) is 26.3 Å². The Morgan fingerprint density at radius 3 is 2.67 bits per heavy atom. The van der Waals surface area contributed by atoms with E-state index < -0.39 is 0 Å². The molecule has 0 radical (unpaired) electrons. The standard InChI is InChI=1S/C13H18O2/c1-4-11(3)15-9-13(14)12-8-6-5-7-10(12)2/h5-8,11H,4,9H2,1-3H3. The minimum Gasteiger partial charge on any atom is -0.370 e. The number of carbonyl (C=O) groups is 1. The number of benzene rings is 1. The van der Waals surface area contributed by atoms with Crippen LogP contribution in [0.25, 0.3) is 0 Å². The summed E-state index contributed by atoms with van der Waals surface area (Å²) in [7, 11) is 0. The first kappa shape index (κ1) is 11.9. The first-order chi connectivity index (χ1) is 7.15. The Kier molecular flexibility index (Phi) is 4.50. The Labute approximate surface area is 91.3 Å². The number of carbonyl (C=O) groups excluding carboxylic acids is 1. The molecule has 1 aromatic rings. The number of ketones is 1. The van der Waals surface area contributed by atoms with Crippen LogP contribution in [0.5, 0.6) is 0 Å². The zero-order valence-corrected chi connectivity index (χ0v) is 9.62. The highest BCUT2D eigenvalue weighted by Crippen LogP contribution is 2.08. The van der Waals surface area contributed by atoms with Gasteiger partial charge < -0.3 is 4.74 Å². The van der Waals surface area contributed by atoms with E-state index in [1.165, 1.54) is 0 Å². The average molecular weight is 206 g/mol. The van der Waals surface area contributed by atoms with Crippen LogP contribution in [-0.4, -0.2) is 18.5 Å². The van der Waals surface area contributed by atoms with E-state index in [0.717, 1.165) is 17.5 Å². The van der Waals surface area contributed by atoms with Gasteiger partial charge in [-0.15, -0.1) is 0 Å². The number of hydrogen-bond acceptors (Lipinski definition) is 2. The summed E-state index contributed by atoms with van der Waals surface area (Å²) >= 11 is 0. The highest BCUT2D eigenvalue weighted by Gasteiger charge is 2.09. The molecule has 0 heterocycles. The molecule has 0 aliphatic carbocycles. The molecule has 2 heteroatoms. The molecule has 1 aromatic carbocycles. The summed E-state index contributed by atoms with van der Waals surface area (Å²) in [5, 5.41) is 0. The molecule has 0 N–H and O–H groups in total. The molecular weight excluding hydrogens is 188 g/mol. The van der Waals surface area contributed by atoms with Crippen LogP contribution in [0.4, 0.5) is 0 Å². The van der Waals surface area contributed by atoms with Crippen LogP contribution in [-0.2, 0) is 4.74 Å². The minimum atomic E-state index is 0.0633. The second-order valence-corrected chi connectivity index (χ2v) is 3.77. The van der Waals surface area contributed by atoms with Crippen molar-refractivity contribution in [3.05, 3.63) is 35.4 Å². The Morgan fingerprint density at radius 1 is 1.40 bits per heavy atom. The second-order valence-electron chi connectivity index (χ2n) is 3.77. The lowest BCUT2D eigenvalue weighted by atomic mass is 10.1. The first-order valence-corrected chi connectivity index (χ1v) is 5.35. The molecule has 0 bridgehead atoms. The van der Waals surface area contributed by atoms with Crippen LogP contribution >= 0.6 is 0 Å². The molecule has 1 unspecified atom stereocenters. The van der Waals surface area contributed by atoms with E-state index in [9.17, 15) is 4.79 Å². The first-order valence-electron chi connectivity index (χ1n) is 5.35. The van der Waals surface area contributed by atoms with Gasteiger partial charge in [-0.2, -0.15) is 0 Å². The van der Waals surface area contributed by atoms with Crippen molar-refractivity contribution < 1.29 is 9.53 Å². The molecule has 0 aliphatic rings. The summed E-state index contributed by atoms with van der Waals surface area (Å²) in [4.78, 5) is 11.8. The van der Waals surface area contributed by atoms with E-state index in [1.54, 1.807) is 0 Å². The van der Waals surface area contributed by atoms with E-state index in [-0.39, 0.29) is 18.5 Å². The van der Waals surface area contributed by atoms with Crippen molar-refractivity contribution in [3.63, 3.8) is 0 Å². The predicted octanol–water partition coefficient (Wildman–Crippen LogP) is 2.99. The van der Waals surface area contributed by atoms with Gasteiger partial charge in [0.2, 0.25) is 0 Å². The van der Waals surface area contributed by atoms with Gasteiger partial charge in [0.05, 0.1) is 6.10 Å². The van der Waals surface area contributed by atoms with E-state index in [4.69, 9.17) is 4.74 Å². The molecule has 2 nitrogen and oxygen atoms in total. The fourth-order valence-corrected chi connectivity index (χ4v) is 1.30. The summed E-state index contributed by atoms with van der Waals surface area (Å²) in [6, 6.07) is 7.60. The summed E-state index contributed by atoms with van der Waals surface area (Å²) in [5.74, 6) is 0.0633. The fraction of sp³-hybridized carbons (Fsp3) is 0.462. The molecule has 82 valence electrons. The maximum Gasteiger partial charge on any atom is 0.188 e. The minimum absolute atomic E-state index is 0.0633. The third-order valence-corrected chi connectivity index (χ3v) is 2.52. The van der Waals surface area contributed by atoms with Gasteiger partial charge in [0, 0.05) is 5.56 Å². The van der Waals surface area contributed by atoms with Crippen LogP contribution in [0.3, 0.4) is 0 Å². The number of rotatable bonds is 5. The van der Waals surface area contributed by atoms with Crippen LogP contribution in [0.1, 0.15) is 36.2 Å². The van der Waals surface area contributed by atoms with Gasteiger partial charge >= 0.3 is 0 Å². The number of Topliss-reactive ketones (excluding diaryl/α,β-unsaturated/α-hetero) is 1. The van der Waals surface area contributed by atoms with E-state index in [0.29, 0.717) is 0 Å². The van der Waals surface area contributed by atoms with Crippen LogP contribution < -0.4 is 0 Å². The van der Waals surface area contributed by atoms with Gasteiger partial charge in [0.1, 0.15) is 6.61 Å². The zero-order chi connectivity index (χ0) is 11.3. The molecule has 1 atom stereocenters. The SMILES string of the molecule is CCC(C)OCC(=O)c1ccccc1C. The Balaban J connectivity index is 2.58. The second kappa shape index (κ2) is 5.66.